The van der Waals surface area contributed by atoms with E-state index in [4.69, 9.17) is 0 Å². The summed E-state index contributed by atoms with van der Waals surface area (Å²) in [6, 6.07) is 41.7. The molecule has 0 aliphatic heterocycles. The van der Waals surface area contributed by atoms with Crippen molar-refractivity contribution in [3.05, 3.63) is 154 Å². The van der Waals surface area contributed by atoms with Crippen LogP contribution in [0.15, 0.2) is 109 Å². The van der Waals surface area contributed by atoms with E-state index in [1.165, 1.54) is 119 Å². The van der Waals surface area contributed by atoms with Crippen LogP contribution in [-0.2, 0) is 0 Å². The van der Waals surface area contributed by atoms with E-state index in [-0.39, 0.29) is 10.8 Å². The maximum atomic E-state index is 3.94. The molecule has 0 aromatic heterocycles. The van der Waals surface area contributed by atoms with Crippen molar-refractivity contribution in [3.63, 3.8) is 0 Å². The molecule has 6 aromatic rings. The Bertz CT molecular complexity index is 2700. The van der Waals surface area contributed by atoms with Gasteiger partial charge >= 0.3 is 478 Å². The van der Waals surface area contributed by atoms with Crippen LogP contribution in [0.5, 0.6) is 0 Å². The fraction of sp³-hybridized carbons (Fsp3) is 0.444. The summed E-state index contributed by atoms with van der Waals surface area (Å²) < 4.78 is 10.8. The molecule has 388 valence electrons. The number of benzene rings is 6. The maximum absolute atomic E-state index is 3.94. The van der Waals surface area contributed by atoms with E-state index in [1.54, 1.807) is 0 Å². The van der Waals surface area contributed by atoms with Gasteiger partial charge in [-0.05, 0) is 0 Å². The van der Waals surface area contributed by atoms with E-state index in [0.717, 1.165) is 0 Å². The van der Waals surface area contributed by atoms with Gasteiger partial charge in [0.25, 0.3) is 0 Å². The molecule has 6 aromatic carbocycles. The monoisotopic (exact) mass is 1200 g/mol. The Balaban J connectivity index is 0.000000288. The van der Waals surface area contributed by atoms with Crippen molar-refractivity contribution < 1.29 is 0 Å². The molecule has 0 saturated heterocycles. The molecular formula is C72H92Sn2. The quantitative estimate of drug-likeness (QED) is 0.0799. The van der Waals surface area contributed by atoms with Gasteiger partial charge in [-0.25, -0.2) is 0 Å². The molecule has 0 heterocycles. The summed E-state index contributed by atoms with van der Waals surface area (Å²) in [7, 11) is 0. The van der Waals surface area contributed by atoms with Gasteiger partial charge in [-0.15, -0.1) is 0 Å². The molecule has 0 bridgehead atoms. The third-order valence-electron chi connectivity index (χ3n) is 14.1. The molecule has 0 fully saturated rings. The Kier molecular flexibility index (Phi) is 21.3. The average molecular weight is 1190 g/mol. The number of hydrogen-bond acceptors (Lipinski definition) is 0. The molecule has 6 rings (SSSR count). The van der Waals surface area contributed by atoms with Crippen LogP contribution < -0.4 is 7.16 Å². The molecular weight excluding hydrogens is 1100 g/mol. The van der Waals surface area contributed by atoms with E-state index in [0.29, 0.717) is 47.3 Å². The summed E-state index contributed by atoms with van der Waals surface area (Å²) in [6.45, 7) is 50.5. The van der Waals surface area contributed by atoms with E-state index < -0.39 is 19.8 Å². The van der Waals surface area contributed by atoms with Crippen LogP contribution >= 0.6 is 0 Å². The molecule has 0 N–H and O–H groups in total. The van der Waals surface area contributed by atoms with Crippen molar-refractivity contribution in [2.75, 3.05) is 0 Å². The van der Waals surface area contributed by atoms with Crippen molar-refractivity contribution in [2.45, 2.75) is 200 Å². The SMILES string of the molecule is CC(C)c1cccc(C(C)C)c1-c1cccc(-c2c(C(C)C)cccc2C(C)C)[c]1[Sn].CC(C)c1cccc(C(C)C)c1-c1cccc(-c2c(C(C)C)cccc2C(C)C)[c]1[Sn]([C]#CC(C)(C)C)[C]#CC(C)(C)C. The fourth-order valence-corrected chi connectivity index (χ4v) is 18.0. The predicted octanol–water partition coefficient (Wildman–Crippen LogP) is 19.7. The molecule has 74 heavy (non-hydrogen) atoms. The van der Waals surface area contributed by atoms with Crippen LogP contribution in [0, 0.1) is 30.5 Å². The zero-order chi connectivity index (χ0) is 55.1. The molecule has 0 unspecified atom stereocenters. The van der Waals surface area contributed by atoms with Crippen molar-refractivity contribution in [2.24, 2.45) is 10.8 Å². The molecule has 0 saturated carbocycles. The van der Waals surface area contributed by atoms with Crippen molar-refractivity contribution in [3.8, 4) is 64.2 Å². The van der Waals surface area contributed by atoms with Gasteiger partial charge in [0.1, 0.15) is 0 Å². The Labute approximate surface area is 474 Å². The molecule has 0 nitrogen and oxygen atoms in total. The molecule has 0 aliphatic carbocycles. The van der Waals surface area contributed by atoms with Gasteiger partial charge in [0.05, 0.1) is 0 Å². The first-order chi connectivity index (χ1) is 34.6. The third-order valence-corrected chi connectivity index (χ3v) is 20.7. The van der Waals surface area contributed by atoms with Crippen LogP contribution in [0.2, 0.25) is 0 Å². The normalized spacial score (nSPS) is 12.1. The van der Waals surface area contributed by atoms with Gasteiger partial charge < -0.3 is 0 Å². The average Bonchev–Trinajstić information content (AvgIpc) is 3.32. The second kappa shape index (κ2) is 25.9. The third kappa shape index (κ3) is 14.7. The van der Waals surface area contributed by atoms with Crippen LogP contribution in [0.25, 0.3) is 44.5 Å². The van der Waals surface area contributed by atoms with Gasteiger partial charge in [0, 0.05) is 0 Å². The summed E-state index contributed by atoms with van der Waals surface area (Å²) in [5.41, 5.74) is 22.7. The van der Waals surface area contributed by atoms with Crippen LogP contribution in [0.1, 0.15) is 244 Å². The van der Waals surface area contributed by atoms with Crippen LogP contribution in [0.4, 0.5) is 0 Å². The Morgan fingerprint density at radius 2 is 0.500 bits per heavy atom. The molecule has 0 spiro atoms. The van der Waals surface area contributed by atoms with E-state index >= 15 is 0 Å². The standard InChI is InChI=1S/2C30H37.2C6H9.2Sn/c2*1-19(2)25-14-10-15-26(20(3)4)29(25)23-12-9-13-24(18-23)30-27(21(5)6)16-11-17-28(30)22(7)8;2*1-5-6(2,3)4;;/h2*9-17,19-22H,1-8H3;2*2-4H3;;. The van der Waals surface area contributed by atoms with E-state index in [1.807, 2.05) is 0 Å². The first kappa shape index (κ1) is 60.9. The Morgan fingerprint density at radius 3 is 0.703 bits per heavy atom. The number of hydrogen-bond donors (Lipinski definition) is 0. The zero-order valence-electron chi connectivity index (χ0n) is 50.0. The molecule has 4 radical (unpaired) electrons. The van der Waals surface area contributed by atoms with Gasteiger partial charge in [-0.2, -0.15) is 0 Å². The van der Waals surface area contributed by atoms with Crippen molar-refractivity contribution >= 4 is 49.4 Å². The minimum absolute atomic E-state index is 0.0812. The molecule has 0 aliphatic rings. The summed E-state index contributed by atoms with van der Waals surface area (Å²) in [6.07, 6.45) is 0. The zero-order valence-corrected chi connectivity index (χ0v) is 55.7. The molecule has 0 amide bonds. The molecule has 0 atom stereocenters. The summed E-state index contributed by atoms with van der Waals surface area (Å²) in [5.74, 6) is 11.0. The van der Waals surface area contributed by atoms with Crippen molar-refractivity contribution in [1.82, 2.24) is 0 Å². The van der Waals surface area contributed by atoms with Crippen molar-refractivity contribution in [1.29, 1.82) is 0 Å². The van der Waals surface area contributed by atoms with Gasteiger partial charge in [-0.1, -0.05) is 0 Å². The minimum atomic E-state index is -2.93. The van der Waals surface area contributed by atoms with Gasteiger partial charge in [0.2, 0.25) is 0 Å². The predicted molar refractivity (Wildman–Crippen MR) is 333 cm³/mol. The topological polar surface area (TPSA) is 0 Å². The first-order valence-corrected chi connectivity index (χ1v) is 33.7. The molecule has 2 heteroatoms. The summed E-state index contributed by atoms with van der Waals surface area (Å²) >= 11 is -1.45. The Hall–Kier alpha value is -3.96. The summed E-state index contributed by atoms with van der Waals surface area (Å²) in [4.78, 5) is 0. The van der Waals surface area contributed by atoms with Gasteiger partial charge in [0.15, 0.2) is 0 Å². The van der Waals surface area contributed by atoms with Crippen LogP contribution in [0.3, 0.4) is 0 Å². The van der Waals surface area contributed by atoms with Gasteiger partial charge in [-0.3, -0.25) is 0 Å². The van der Waals surface area contributed by atoms with E-state index in [2.05, 4.69) is 281 Å². The fourth-order valence-electron chi connectivity index (χ4n) is 10.3. The van der Waals surface area contributed by atoms with E-state index in [9.17, 15) is 0 Å². The Morgan fingerprint density at radius 1 is 0.311 bits per heavy atom. The van der Waals surface area contributed by atoms with Crippen LogP contribution in [-0.4, -0.2) is 42.3 Å². The summed E-state index contributed by atoms with van der Waals surface area (Å²) in [5, 5.41) is 0. The number of rotatable bonds is 13. The second-order valence-corrected chi connectivity index (χ2v) is 31.7. The second-order valence-electron chi connectivity index (χ2n) is 25.3. The first-order valence-electron chi connectivity index (χ1n) is 28.0.